The van der Waals surface area contributed by atoms with Gasteiger partial charge < -0.3 is 10.4 Å². The maximum atomic E-state index is 12.4. The van der Waals surface area contributed by atoms with Crippen molar-refractivity contribution in [2.24, 2.45) is 0 Å². The van der Waals surface area contributed by atoms with Crippen LogP contribution >= 0.6 is 11.6 Å². The van der Waals surface area contributed by atoms with E-state index in [1.807, 2.05) is 25.1 Å². The van der Waals surface area contributed by atoms with E-state index < -0.39 is 6.04 Å². The van der Waals surface area contributed by atoms with Crippen LogP contribution < -0.4 is 5.32 Å². The van der Waals surface area contributed by atoms with Crippen molar-refractivity contribution in [3.05, 3.63) is 70.4 Å². The van der Waals surface area contributed by atoms with Crippen molar-refractivity contribution in [2.45, 2.75) is 45.6 Å². The van der Waals surface area contributed by atoms with Gasteiger partial charge in [0.15, 0.2) is 0 Å². The molecule has 0 radical (unpaired) electrons. The van der Waals surface area contributed by atoms with Gasteiger partial charge in [-0.25, -0.2) is 0 Å². The lowest BCUT2D eigenvalue weighted by atomic mass is 9.93. The topological polar surface area (TPSA) is 62.2 Å². The quantitative estimate of drug-likeness (QED) is 0.559. The predicted octanol–water partition coefficient (Wildman–Crippen LogP) is 5.72. The van der Waals surface area contributed by atoms with Gasteiger partial charge in [0.1, 0.15) is 11.3 Å². The van der Waals surface area contributed by atoms with Gasteiger partial charge in [-0.05, 0) is 41.7 Å². The lowest BCUT2D eigenvalue weighted by Gasteiger charge is -2.22. The lowest BCUT2D eigenvalue weighted by Crippen LogP contribution is -2.29. The molecule has 1 amide bonds. The average molecular weight is 397 g/mol. The van der Waals surface area contributed by atoms with Crippen LogP contribution in [0.15, 0.2) is 48.7 Å². The highest BCUT2D eigenvalue weighted by atomic mass is 35.5. The van der Waals surface area contributed by atoms with Gasteiger partial charge in [-0.2, -0.15) is 0 Å². The molecular formula is C23H25ClN2O2. The van der Waals surface area contributed by atoms with Crippen molar-refractivity contribution < 1.29 is 9.90 Å². The van der Waals surface area contributed by atoms with Crippen molar-refractivity contribution in [1.82, 2.24) is 10.3 Å². The number of hydrogen-bond acceptors (Lipinski definition) is 3. The van der Waals surface area contributed by atoms with Gasteiger partial charge in [-0.3, -0.25) is 9.78 Å². The first-order chi connectivity index (χ1) is 13.4. The van der Waals surface area contributed by atoms with Gasteiger partial charge in [-0.15, -0.1) is 0 Å². The maximum Gasteiger partial charge on any atom is 0.220 e. The van der Waals surface area contributed by atoms with Crippen LogP contribution in [0.5, 0.6) is 5.75 Å². The highest BCUT2D eigenvalue weighted by molar-refractivity contribution is 6.35. The number of phenolic OH excluding ortho intramolecular Hbond substituents is 1. The van der Waals surface area contributed by atoms with Crippen LogP contribution in [-0.2, 0) is 4.79 Å². The van der Waals surface area contributed by atoms with E-state index in [2.05, 4.69) is 36.3 Å². The van der Waals surface area contributed by atoms with E-state index in [1.54, 1.807) is 18.3 Å². The molecule has 2 N–H and O–H groups in total. The number of benzene rings is 2. The number of nitrogens with one attached hydrogen (secondary N) is 1. The summed E-state index contributed by atoms with van der Waals surface area (Å²) in [6.07, 6.45) is 2.78. The number of rotatable bonds is 6. The Morgan fingerprint density at radius 1 is 1.18 bits per heavy atom. The second kappa shape index (κ2) is 8.61. The molecule has 3 aromatic rings. The molecule has 5 heteroatoms. The molecule has 4 nitrogen and oxygen atoms in total. The number of aromatic nitrogens is 1. The summed E-state index contributed by atoms with van der Waals surface area (Å²) < 4.78 is 0. The Bertz CT molecular complexity index is 984. The lowest BCUT2D eigenvalue weighted by molar-refractivity contribution is -0.121. The zero-order valence-corrected chi connectivity index (χ0v) is 17.1. The summed E-state index contributed by atoms with van der Waals surface area (Å²) in [7, 11) is 0. The Morgan fingerprint density at radius 3 is 2.50 bits per heavy atom. The fourth-order valence-corrected chi connectivity index (χ4v) is 3.57. The van der Waals surface area contributed by atoms with E-state index in [0.717, 1.165) is 12.0 Å². The largest absolute Gasteiger partial charge is 0.505 e. The molecular weight excluding hydrogens is 372 g/mol. The van der Waals surface area contributed by atoms with Crippen molar-refractivity contribution in [3.8, 4) is 5.75 Å². The van der Waals surface area contributed by atoms with E-state index >= 15 is 0 Å². The number of amides is 1. The third-order valence-electron chi connectivity index (χ3n) is 4.87. The number of halogens is 1. The zero-order chi connectivity index (χ0) is 20.3. The number of aromatic hydroxyl groups is 1. The molecule has 0 fully saturated rings. The molecule has 2 aromatic carbocycles. The first-order valence-corrected chi connectivity index (χ1v) is 9.95. The molecule has 146 valence electrons. The van der Waals surface area contributed by atoms with Gasteiger partial charge in [0.25, 0.3) is 0 Å². The van der Waals surface area contributed by atoms with Crippen molar-refractivity contribution in [1.29, 1.82) is 0 Å². The Morgan fingerprint density at radius 2 is 1.86 bits per heavy atom. The standard InChI is InChI=1S/C23H25ClN2O2/c1-4-6-20(27)26-21(16-10-8-15(9-11-16)14(2)3)18-13-19(24)17-7-5-12-25-22(17)23(18)28/h5,7-14,21,28H,4,6H2,1-3H3,(H,26,27)/t21-/m1/s1. The van der Waals surface area contributed by atoms with Crippen LogP contribution in [0, 0.1) is 0 Å². The van der Waals surface area contributed by atoms with Gasteiger partial charge in [0.05, 0.1) is 11.1 Å². The smallest absolute Gasteiger partial charge is 0.220 e. The Balaban J connectivity index is 2.12. The summed E-state index contributed by atoms with van der Waals surface area (Å²) in [5, 5.41) is 15.1. The highest BCUT2D eigenvalue weighted by Crippen LogP contribution is 2.38. The van der Waals surface area contributed by atoms with Crippen LogP contribution in [0.1, 0.15) is 62.3 Å². The van der Waals surface area contributed by atoms with E-state index in [-0.39, 0.29) is 11.7 Å². The molecule has 0 aliphatic carbocycles. The first-order valence-electron chi connectivity index (χ1n) is 9.57. The van der Waals surface area contributed by atoms with Crippen LogP contribution in [0.4, 0.5) is 0 Å². The first kappa shape index (κ1) is 20.2. The van der Waals surface area contributed by atoms with Crippen LogP contribution in [0.3, 0.4) is 0 Å². The van der Waals surface area contributed by atoms with Crippen LogP contribution in [0.2, 0.25) is 5.02 Å². The Kier molecular flexibility index (Phi) is 6.20. The summed E-state index contributed by atoms with van der Waals surface area (Å²) in [6, 6.07) is 12.9. The number of nitrogens with zero attached hydrogens (tertiary/aromatic N) is 1. The number of hydrogen-bond donors (Lipinski definition) is 2. The molecule has 0 saturated heterocycles. The van der Waals surface area contributed by atoms with E-state index in [4.69, 9.17) is 11.6 Å². The van der Waals surface area contributed by atoms with Crippen molar-refractivity contribution in [3.63, 3.8) is 0 Å². The molecule has 0 spiro atoms. The summed E-state index contributed by atoms with van der Waals surface area (Å²) in [4.78, 5) is 16.7. The summed E-state index contributed by atoms with van der Waals surface area (Å²) in [5.74, 6) is 0.377. The molecule has 0 saturated carbocycles. The molecule has 28 heavy (non-hydrogen) atoms. The summed E-state index contributed by atoms with van der Waals surface area (Å²) in [6.45, 7) is 6.23. The third kappa shape index (κ3) is 4.12. The summed E-state index contributed by atoms with van der Waals surface area (Å²) in [5.41, 5.74) is 3.07. The van der Waals surface area contributed by atoms with Crippen molar-refractivity contribution in [2.75, 3.05) is 0 Å². The normalized spacial score (nSPS) is 12.3. The van der Waals surface area contributed by atoms with E-state index in [9.17, 15) is 9.90 Å². The minimum Gasteiger partial charge on any atom is -0.505 e. The fourth-order valence-electron chi connectivity index (χ4n) is 3.30. The SMILES string of the molecule is CCCC(=O)N[C@H](c1ccc(C(C)C)cc1)c1cc(Cl)c2cccnc2c1O. The second-order valence-electron chi connectivity index (χ2n) is 7.27. The highest BCUT2D eigenvalue weighted by Gasteiger charge is 2.23. The third-order valence-corrected chi connectivity index (χ3v) is 5.19. The fraction of sp³-hybridized carbons (Fsp3) is 0.304. The Hall–Kier alpha value is -2.59. The van der Waals surface area contributed by atoms with Gasteiger partial charge >= 0.3 is 0 Å². The Labute approximate surface area is 170 Å². The number of pyridine rings is 1. The number of fused-ring (bicyclic) bond motifs is 1. The van der Waals surface area contributed by atoms with Crippen LogP contribution in [-0.4, -0.2) is 16.0 Å². The van der Waals surface area contributed by atoms with E-state index in [1.165, 1.54) is 5.56 Å². The minimum absolute atomic E-state index is 0.0368. The maximum absolute atomic E-state index is 12.4. The molecule has 0 bridgehead atoms. The molecule has 0 aliphatic heterocycles. The van der Waals surface area contributed by atoms with Gasteiger partial charge in [0.2, 0.25) is 5.91 Å². The molecule has 0 aliphatic rings. The van der Waals surface area contributed by atoms with Gasteiger partial charge in [0, 0.05) is 23.6 Å². The minimum atomic E-state index is -0.510. The number of phenols is 1. The van der Waals surface area contributed by atoms with Crippen molar-refractivity contribution >= 4 is 28.4 Å². The molecule has 0 unspecified atom stereocenters. The van der Waals surface area contributed by atoms with Crippen LogP contribution in [0.25, 0.3) is 10.9 Å². The average Bonchev–Trinajstić information content (AvgIpc) is 2.69. The predicted molar refractivity (Wildman–Crippen MR) is 114 cm³/mol. The molecule has 1 heterocycles. The summed E-state index contributed by atoms with van der Waals surface area (Å²) >= 11 is 6.47. The monoisotopic (exact) mass is 396 g/mol. The van der Waals surface area contributed by atoms with Gasteiger partial charge in [-0.1, -0.05) is 56.6 Å². The second-order valence-corrected chi connectivity index (χ2v) is 7.67. The number of carbonyl (C=O) groups excluding carboxylic acids is 1. The molecule has 3 rings (SSSR count). The number of carbonyl (C=O) groups is 1. The molecule has 1 atom stereocenters. The zero-order valence-electron chi connectivity index (χ0n) is 16.4. The van der Waals surface area contributed by atoms with E-state index in [0.29, 0.717) is 33.8 Å². The molecule has 1 aromatic heterocycles.